The van der Waals surface area contributed by atoms with Gasteiger partial charge in [0.2, 0.25) is 0 Å². The van der Waals surface area contributed by atoms with Gasteiger partial charge in [-0.05, 0) is 29.8 Å². The van der Waals surface area contributed by atoms with Gasteiger partial charge >= 0.3 is 0 Å². The first-order chi connectivity index (χ1) is 7.18. The first-order valence-corrected chi connectivity index (χ1v) is 5.60. The third-order valence-electron chi connectivity index (χ3n) is 2.53. The molecule has 1 aromatic carbocycles. The molecule has 1 unspecified atom stereocenters. The van der Waals surface area contributed by atoms with Gasteiger partial charge in [0, 0.05) is 23.4 Å². The Kier molecular flexibility index (Phi) is 2.93. The molecule has 0 amide bonds. The number of hydrogen-bond donors (Lipinski definition) is 1. The molecule has 0 radical (unpaired) electrons. The molecule has 1 heterocycles. The zero-order valence-electron chi connectivity index (χ0n) is 8.52. The molecule has 0 fully saturated rings. The quantitative estimate of drug-likeness (QED) is 0.889. The number of nitrogens with zero attached hydrogens (tertiary/aromatic N) is 1. The van der Waals surface area contributed by atoms with Crippen molar-refractivity contribution < 1.29 is 0 Å². The molecule has 78 valence electrons. The first-order valence-electron chi connectivity index (χ1n) is 4.81. The van der Waals surface area contributed by atoms with Gasteiger partial charge in [-0.2, -0.15) is 0 Å². The molecule has 2 rings (SSSR count). The summed E-state index contributed by atoms with van der Waals surface area (Å²) >= 11 is 3.41. The average molecular weight is 265 g/mol. The predicted octanol–water partition coefficient (Wildman–Crippen LogP) is 2.84. The molecule has 0 aliphatic rings. The van der Waals surface area contributed by atoms with Gasteiger partial charge < -0.3 is 10.3 Å². The van der Waals surface area contributed by atoms with E-state index in [2.05, 4.69) is 15.9 Å². The molecule has 0 saturated carbocycles. The fraction of sp³-hybridized carbons (Fsp3) is 0.167. The van der Waals surface area contributed by atoms with Crippen LogP contribution in [0.2, 0.25) is 0 Å². The Balaban J connectivity index is 2.32. The van der Waals surface area contributed by atoms with Crippen LogP contribution in [0.5, 0.6) is 0 Å². The number of rotatable bonds is 2. The van der Waals surface area contributed by atoms with Crippen LogP contribution in [0, 0.1) is 0 Å². The molecular formula is C12H13BrN2. The lowest BCUT2D eigenvalue weighted by molar-refractivity contribution is 0.747. The highest BCUT2D eigenvalue weighted by Gasteiger charge is 2.10. The molecular weight excluding hydrogens is 252 g/mol. The summed E-state index contributed by atoms with van der Waals surface area (Å²) in [5.41, 5.74) is 8.42. The van der Waals surface area contributed by atoms with E-state index < -0.39 is 0 Å². The SMILES string of the molecule is Cn1cccc1C(N)c1ccc(Br)cc1. The number of benzene rings is 1. The van der Waals surface area contributed by atoms with Gasteiger partial charge in [0.1, 0.15) is 0 Å². The minimum atomic E-state index is -0.0573. The summed E-state index contributed by atoms with van der Waals surface area (Å²) in [5.74, 6) is 0. The summed E-state index contributed by atoms with van der Waals surface area (Å²) in [6.07, 6.45) is 2.01. The number of nitrogens with two attached hydrogens (primary N) is 1. The standard InChI is InChI=1S/C12H13BrN2/c1-15-8-2-3-11(15)12(14)9-4-6-10(13)7-5-9/h2-8,12H,14H2,1H3. The molecule has 2 N–H and O–H groups in total. The molecule has 2 nitrogen and oxygen atoms in total. The average Bonchev–Trinajstić information content (AvgIpc) is 2.65. The van der Waals surface area contributed by atoms with E-state index in [0.717, 1.165) is 15.7 Å². The molecule has 0 aliphatic heterocycles. The van der Waals surface area contributed by atoms with Gasteiger partial charge in [-0.3, -0.25) is 0 Å². The van der Waals surface area contributed by atoms with Crippen LogP contribution in [0.3, 0.4) is 0 Å². The van der Waals surface area contributed by atoms with Gasteiger partial charge in [-0.25, -0.2) is 0 Å². The van der Waals surface area contributed by atoms with Crippen molar-refractivity contribution in [1.82, 2.24) is 4.57 Å². The third-order valence-corrected chi connectivity index (χ3v) is 3.06. The highest BCUT2D eigenvalue weighted by Crippen LogP contribution is 2.21. The zero-order valence-corrected chi connectivity index (χ0v) is 10.1. The minimum Gasteiger partial charge on any atom is -0.353 e. The Hall–Kier alpha value is -1.06. The molecule has 1 atom stereocenters. The van der Waals surface area contributed by atoms with E-state index in [1.54, 1.807) is 0 Å². The van der Waals surface area contributed by atoms with Gasteiger partial charge in [0.15, 0.2) is 0 Å². The fourth-order valence-electron chi connectivity index (χ4n) is 1.64. The maximum atomic E-state index is 6.18. The molecule has 3 heteroatoms. The molecule has 0 bridgehead atoms. The van der Waals surface area contributed by atoms with Crippen molar-refractivity contribution in [3.05, 3.63) is 58.3 Å². The monoisotopic (exact) mass is 264 g/mol. The summed E-state index contributed by atoms with van der Waals surface area (Å²) < 4.78 is 3.12. The van der Waals surface area contributed by atoms with E-state index in [9.17, 15) is 0 Å². The van der Waals surface area contributed by atoms with Gasteiger partial charge in [-0.15, -0.1) is 0 Å². The van der Waals surface area contributed by atoms with E-state index in [0.29, 0.717) is 0 Å². The number of halogens is 1. The number of aromatic nitrogens is 1. The van der Waals surface area contributed by atoms with E-state index in [1.807, 2.05) is 54.2 Å². The summed E-state index contributed by atoms with van der Waals surface area (Å²) in [7, 11) is 2.01. The summed E-state index contributed by atoms with van der Waals surface area (Å²) in [5, 5.41) is 0. The Morgan fingerprint density at radius 1 is 1.20 bits per heavy atom. The van der Waals surface area contributed by atoms with Crippen molar-refractivity contribution in [2.24, 2.45) is 12.8 Å². The molecule has 15 heavy (non-hydrogen) atoms. The minimum absolute atomic E-state index is 0.0573. The van der Waals surface area contributed by atoms with Crippen LogP contribution in [0.15, 0.2) is 47.1 Å². The second-order valence-electron chi connectivity index (χ2n) is 3.57. The highest BCUT2D eigenvalue weighted by atomic mass is 79.9. The second kappa shape index (κ2) is 4.21. The van der Waals surface area contributed by atoms with E-state index in [1.165, 1.54) is 0 Å². The van der Waals surface area contributed by atoms with E-state index >= 15 is 0 Å². The molecule has 2 aromatic rings. The fourth-order valence-corrected chi connectivity index (χ4v) is 1.90. The van der Waals surface area contributed by atoms with Crippen molar-refractivity contribution >= 4 is 15.9 Å². The lowest BCUT2D eigenvalue weighted by Crippen LogP contribution is -2.14. The third kappa shape index (κ3) is 2.13. The van der Waals surface area contributed by atoms with Crippen LogP contribution in [0.1, 0.15) is 17.3 Å². The number of hydrogen-bond acceptors (Lipinski definition) is 1. The molecule has 0 aliphatic carbocycles. The summed E-state index contributed by atoms with van der Waals surface area (Å²) in [6, 6.07) is 12.1. The summed E-state index contributed by atoms with van der Waals surface area (Å²) in [4.78, 5) is 0. The molecule has 0 saturated heterocycles. The first kappa shape index (κ1) is 10.5. The Labute approximate surface area is 97.8 Å². The maximum absolute atomic E-state index is 6.18. The van der Waals surface area contributed by atoms with Crippen LogP contribution in [0.4, 0.5) is 0 Å². The van der Waals surface area contributed by atoms with Crippen LogP contribution >= 0.6 is 15.9 Å². The van der Waals surface area contributed by atoms with Crippen molar-refractivity contribution in [2.45, 2.75) is 6.04 Å². The lowest BCUT2D eigenvalue weighted by atomic mass is 10.1. The van der Waals surface area contributed by atoms with Crippen LogP contribution in [0.25, 0.3) is 0 Å². The number of aryl methyl sites for hydroxylation is 1. The second-order valence-corrected chi connectivity index (χ2v) is 4.49. The van der Waals surface area contributed by atoms with Gasteiger partial charge in [0.05, 0.1) is 6.04 Å². The van der Waals surface area contributed by atoms with Crippen LogP contribution < -0.4 is 5.73 Å². The Morgan fingerprint density at radius 2 is 1.87 bits per heavy atom. The smallest absolute Gasteiger partial charge is 0.0706 e. The van der Waals surface area contributed by atoms with Crippen molar-refractivity contribution in [2.75, 3.05) is 0 Å². The largest absolute Gasteiger partial charge is 0.353 e. The van der Waals surface area contributed by atoms with Crippen molar-refractivity contribution in [3.63, 3.8) is 0 Å². The Morgan fingerprint density at radius 3 is 2.40 bits per heavy atom. The van der Waals surface area contributed by atoms with Crippen LogP contribution in [-0.4, -0.2) is 4.57 Å². The maximum Gasteiger partial charge on any atom is 0.0706 e. The van der Waals surface area contributed by atoms with Crippen molar-refractivity contribution in [1.29, 1.82) is 0 Å². The highest BCUT2D eigenvalue weighted by molar-refractivity contribution is 9.10. The van der Waals surface area contributed by atoms with Gasteiger partial charge in [-0.1, -0.05) is 28.1 Å². The normalized spacial score (nSPS) is 12.7. The molecule has 0 spiro atoms. The van der Waals surface area contributed by atoms with Crippen LogP contribution in [-0.2, 0) is 7.05 Å². The van der Waals surface area contributed by atoms with E-state index in [4.69, 9.17) is 5.73 Å². The topological polar surface area (TPSA) is 30.9 Å². The lowest BCUT2D eigenvalue weighted by Gasteiger charge is -2.13. The predicted molar refractivity (Wildman–Crippen MR) is 65.6 cm³/mol. The van der Waals surface area contributed by atoms with E-state index in [-0.39, 0.29) is 6.04 Å². The van der Waals surface area contributed by atoms with Gasteiger partial charge in [0.25, 0.3) is 0 Å². The molecule has 1 aromatic heterocycles. The Bertz CT molecular complexity index is 445. The van der Waals surface area contributed by atoms with Crippen molar-refractivity contribution in [3.8, 4) is 0 Å². The summed E-state index contributed by atoms with van der Waals surface area (Å²) in [6.45, 7) is 0. The zero-order chi connectivity index (χ0) is 10.8.